The number of hydrogen-bond donors (Lipinski definition) is 0. The number of likely N-dealkylation sites (N-methyl/N-ethyl adjacent to an activating group) is 1. The highest BCUT2D eigenvalue weighted by Crippen LogP contribution is 2.25. The van der Waals surface area contributed by atoms with Gasteiger partial charge in [-0.05, 0) is 37.6 Å². The molecule has 1 unspecified atom stereocenters. The highest BCUT2D eigenvalue weighted by Gasteiger charge is 2.35. The van der Waals surface area contributed by atoms with Gasteiger partial charge in [0.2, 0.25) is 5.91 Å². The molecule has 0 saturated carbocycles. The topological polar surface area (TPSA) is 23.6 Å². The van der Waals surface area contributed by atoms with Crippen molar-refractivity contribution in [2.45, 2.75) is 32.9 Å². The van der Waals surface area contributed by atoms with Gasteiger partial charge in [0.15, 0.2) is 0 Å². The number of benzene rings is 2. The lowest BCUT2D eigenvalue weighted by molar-refractivity contribution is -0.121. The largest absolute Gasteiger partial charge is 0.311 e. The number of para-hydroxylation sites is 1. The van der Waals surface area contributed by atoms with Crippen molar-refractivity contribution >= 4 is 11.6 Å². The van der Waals surface area contributed by atoms with Crippen molar-refractivity contribution in [2.75, 3.05) is 18.0 Å². The van der Waals surface area contributed by atoms with Gasteiger partial charge in [0.25, 0.3) is 0 Å². The maximum atomic E-state index is 12.8. The Morgan fingerprint density at radius 1 is 1.13 bits per heavy atom. The predicted molar refractivity (Wildman–Crippen MR) is 94.5 cm³/mol. The molecule has 1 fully saturated rings. The summed E-state index contributed by atoms with van der Waals surface area (Å²) in [4.78, 5) is 17.1. The fourth-order valence-electron chi connectivity index (χ4n) is 3.36. The number of rotatable bonds is 5. The zero-order valence-corrected chi connectivity index (χ0v) is 13.9. The van der Waals surface area contributed by atoms with E-state index in [1.54, 1.807) is 0 Å². The molecule has 2 aromatic rings. The van der Waals surface area contributed by atoms with Crippen LogP contribution in [0.1, 0.15) is 24.5 Å². The quantitative estimate of drug-likeness (QED) is 0.842. The third-order valence-electron chi connectivity index (χ3n) is 4.56. The van der Waals surface area contributed by atoms with E-state index in [0.717, 1.165) is 31.7 Å². The van der Waals surface area contributed by atoms with Crippen LogP contribution in [0.2, 0.25) is 0 Å². The molecule has 2 aromatic carbocycles. The molecule has 1 heterocycles. The summed E-state index contributed by atoms with van der Waals surface area (Å²) >= 11 is 0. The molecule has 0 spiro atoms. The molecule has 0 radical (unpaired) electrons. The molecular weight excluding hydrogens is 284 g/mol. The van der Waals surface area contributed by atoms with E-state index in [1.165, 1.54) is 11.1 Å². The van der Waals surface area contributed by atoms with Gasteiger partial charge in [-0.1, -0.05) is 55.0 Å². The molecule has 0 aromatic heterocycles. The lowest BCUT2D eigenvalue weighted by atomic mass is 10.1. The Morgan fingerprint density at radius 2 is 1.91 bits per heavy atom. The zero-order valence-electron chi connectivity index (χ0n) is 13.9. The van der Waals surface area contributed by atoms with Crippen LogP contribution in [0.25, 0.3) is 0 Å². The van der Waals surface area contributed by atoms with Crippen molar-refractivity contribution in [1.29, 1.82) is 0 Å². The SMILES string of the molecule is CCN(Cc1cccc(C)c1)C1CCN(c2ccccc2)C1=O. The first-order valence-electron chi connectivity index (χ1n) is 8.35. The highest BCUT2D eigenvalue weighted by atomic mass is 16.2. The molecule has 0 aliphatic carbocycles. The third-order valence-corrected chi connectivity index (χ3v) is 4.56. The standard InChI is InChI=1S/C20H24N2O/c1-3-21(15-17-9-7-8-16(2)14-17)19-12-13-22(20(19)23)18-10-5-4-6-11-18/h4-11,14,19H,3,12-13,15H2,1-2H3. The van der Waals surface area contributed by atoms with E-state index < -0.39 is 0 Å². The molecule has 1 aliphatic rings. The molecule has 120 valence electrons. The number of anilines is 1. The van der Waals surface area contributed by atoms with Crippen LogP contribution in [0.5, 0.6) is 0 Å². The summed E-state index contributed by atoms with van der Waals surface area (Å²) in [5.41, 5.74) is 3.55. The van der Waals surface area contributed by atoms with Gasteiger partial charge in [0.05, 0.1) is 6.04 Å². The van der Waals surface area contributed by atoms with Gasteiger partial charge in [-0.15, -0.1) is 0 Å². The Balaban J connectivity index is 1.74. The van der Waals surface area contributed by atoms with Gasteiger partial charge in [0, 0.05) is 18.8 Å². The van der Waals surface area contributed by atoms with Gasteiger partial charge in [-0.2, -0.15) is 0 Å². The fraction of sp³-hybridized carbons (Fsp3) is 0.350. The predicted octanol–water partition coefficient (Wildman–Crippen LogP) is 3.62. The van der Waals surface area contributed by atoms with Crippen molar-refractivity contribution in [2.24, 2.45) is 0 Å². The van der Waals surface area contributed by atoms with Gasteiger partial charge in [-0.3, -0.25) is 9.69 Å². The smallest absolute Gasteiger partial charge is 0.244 e. The minimum Gasteiger partial charge on any atom is -0.311 e. The molecule has 1 atom stereocenters. The molecule has 3 heteroatoms. The summed E-state index contributed by atoms with van der Waals surface area (Å²) in [6, 6.07) is 18.5. The lowest BCUT2D eigenvalue weighted by Gasteiger charge is -2.27. The summed E-state index contributed by atoms with van der Waals surface area (Å²) in [5, 5.41) is 0. The van der Waals surface area contributed by atoms with Crippen LogP contribution in [0.15, 0.2) is 54.6 Å². The summed E-state index contributed by atoms with van der Waals surface area (Å²) in [6.45, 7) is 6.76. The second-order valence-corrected chi connectivity index (χ2v) is 6.18. The normalized spacial score (nSPS) is 18.0. The van der Waals surface area contributed by atoms with Crippen LogP contribution < -0.4 is 4.90 Å². The number of aryl methyl sites for hydroxylation is 1. The molecule has 3 nitrogen and oxygen atoms in total. The van der Waals surface area contributed by atoms with Crippen LogP contribution >= 0.6 is 0 Å². The van der Waals surface area contributed by atoms with Crippen LogP contribution in [0.3, 0.4) is 0 Å². The van der Waals surface area contributed by atoms with Crippen LogP contribution in [-0.4, -0.2) is 29.9 Å². The molecule has 1 amide bonds. The van der Waals surface area contributed by atoms with Crippen molar-refractivity contribution in [3.63, 3.8) is 0 Å². The van der Waals surface area contributed by atoms with Crippen LogP contribution in [-0.2, 0) is 11.3 Å². The van der Waals surface area contributed by atoms with E-state index in [1.807, 2.05) is 35.2 Å². The van der Waals surface area contributed by atoms with E-state index in [2.05, 4.69) is 43.0 Å². The Hall–Kier alpha value is -2.13. The number of nitrogens with zero attached hydrogens (tertiary/aromatic N) is 2. The van der Waals surface area contributed by atoms with Crippen molar-refractivity contribution in [3.05, 3.63) is 65.7 Å². The van der Waals surface area contributed by atoms with E-state index in [9.17, 15) is 4.79 Å². The lowest BCUT2D eigenvalue weighted by Crippen LogP contribution is -2.41. The van der Waals surface area contributed by atoms with E-state index in [0.29, 0.717) is 0 Å². The molecular formula is C20H24N2O. The Bertz CT molecular complexity index is 668. The minimum absolute atomic E-state index is 0.0132. The zero-order chi connectivity index (χ0) is 16.2. The average molecular weight is 308 g/mol. The van der Waals surface area contributed by atoms with Gasteiger partial charge < -0.3 is 4.90 Å². The Kier molecular flexibility index (Phi) is 4.77. The summed E-state index contributed by atoms with van der Waals surface area (Å²) in [7, 11) is 0. The second-order valence-electron chi connectivity index (χ2n) is 6.18. The molecule has 23 heavy (non-hydrogen) atoms. The van der Waals surface area contributed by atoms with Crippen molar-refractivity contribution in [3.8, 4) is 0 Å². The summed E-state index contributed by atoms with van der Waals surface area (Å²) < 4.78 is 0. The van der Waals surface area contributed by atoms with Gasteiger partial charge in [-0.25, -0.2) is 0 Å². The number of carbonyl (C=O) groups excluding carboxylic acids is 1. The van der Waals surface area contributed by atoms with E-state index >= 15 is 0 Å². The first-order valence-corrected chi connectivity index (χ1v) is 8.35. The molecule has 1 saturated heterocycles. The van der Waals surface area contributed by atoms with Gasteiger partial charge in [0.1, 0.15) is 0 Å². The fourth-order valence-corrected chi connectivity index (χ4v) is 3.36. The van der Waals surface area contributed by atoms with Crippen LogP contribution in [0.4, 0.5) is 5.69 Å². The second kappa shape index (κ2) is 6.97. The van der Waals surface area contributed by atoms with Gasteiger partial charge >= 0.3 is 0 Å². The summed E-state index contributed by atoms with van der Waals surface area (Å²) in [5.74, 6) is 0.228. The average Bonchev–Trinajstić information content (AvgIpc) is 2.95. The number of amides is 1. The Morgan fingerprint density at radius 3 is 2.61 bits per heavy atom. The molecule has 1 aliphatic heterocycles. The molecule has 0 bridgehead atoms. The summed E-state index contributed by atoms with van der Waals surface area (Å²) in [6.07, 6.45) is 0.896. The molecule has 0 N–H and O–H groups in total. The number of carbonyl (C=O) groups is 1. The maximum Gasteiger partial charge on any atom is 0.244 e. The van der Waals surface area contributed by atoms with E-state index in [4.69, 9.17) is 0 Å². The monoisotopic (exact) mass is 308 g/mol. The number of hydrogen-bond acceptors (Lipinski definition) is 2. The first kappa shape index (κ1) is 15.8. The highest BCUT2D eigenvalue weighted by molar-refractivity contribution is 5.99. The van der Waals surface area contributed by atoms with Crippen LogP contribution in [0, 0.1) is 6.92 Å². The minimum atomic E-state index is -0.0132. The maximum absolute atomic E-state index is 12.8. The van der Waals surface area contributed by atoms with Crippen molar-refractivity contribution < 1.29 is 4.79 Å². The van der Waals surface area contributed by atoms with Crippen molar-refractivity contribution in [1.82, 2.24) is 4.90 Å². The first-order chi connectivity index (χ1) is 11.2. The third kappa shape index (κ3) is 3.45. The molecule has 3 rings (SSSR count). The Labute approximate surface area is 138 Å². The van der Waals surface area contributed by atoms with E-state index in [-0.39, 0.29) is 11.9 Å².